The number of thioether (sulfide) groups is 1. The van der Waals surface area contributed by atoms with Gasteiger partial charge in [0, 0.05) is 37.6 Å². The minimum Gasteiger partial charge on any atom is -0.378 e. The van der Waals surface area contributed by atoms with E-state index in [0.29, 0.717) is 5.56 Å². The summed E-state index contributed by atoms with van der Waals surface area (Å²) in [6.07, 6.45) is 1.08. The summed E-state index contributed by atoms with van der Waals surface area (Å²) in [7, 11) is 3.73. The third kappa shape index (κ3) is 2.20. The summed E-state index contributed by atoms with van der Waals surface area (Å²) in [6.45, 7) is 0.958. The molecule has 0 aliphatic carbocycles. The number of likely N-dealkylation sites (N-methyl/N-ethyl adjacent to an activating group) is 1. The first kappa shape index (κ1) is 13.2. The van der Waals surface area contributed by atoms with Crippen molar-refractivity contribution in [1.82, 2.24) is 0 Å². The van der Waals surface area contributed by atoms with Crippen LogP contribution in [0.1, 0.15) is 11.7 Å². The lowest BCUT2D eigenvalue weighted by Gasteiger charge is -2.20. The van der Waals surface area contributed by atoms with Gasteiger partial charge in [-0.2, -0.15) is 11.8 Å². The van der Waals surface area contributed by atoms with E-state index in [4.69, 9.17) is 0 Å². The Hall–Kier alpha value is -1.20. The number of aliphatic hydroxyl groups is 1. The van der Waals surface area contributed by atoms with Crippen molar-refractivity contribution in [3.05, 3.63) is 23.8 Å². The van der Waals surface area contributed by atoms with Crippen molar-refractivity contribution in [2.45, 2.75) is 6.10 Å². The molecule has 4 nitrogen and oxygen atoms in total. The maximum atomic E-state index is 11.7. The third-order valence-corrected chi connectivity index (χ3v) is 3.90. The number of aliphatic hydroxyl groups excluding tert-OH is 1. The molecule has 0 spiro atoms. The molecule has 1 N–H and O–H groups in total. The highest BCUT2D eigenvalue weighted by Crippen LogP contribution is 2.37. The predicted octanol–water partition coefficient (Wildman–Crippen LogP) is 1.50. The number of hydrogen-bond acceptors (Lipinski definition) is 4. The molecule has 18 heavy (non-hydrogen) atoms. The molecule has 0 saturated carbocycles. The molecular weight excluding hydrogens is 248 g/mol. The first-order valence-electron chi connectivity index (χ1n) is 5.86. The highest BCUT2D eigenvalue weighted by Gasteiger charge is 2.33. The van der Waals surface area contributed by atoms with E-state index in [1.165, 1.54) is 4.90 Å². The summed E-state index contributed by atoms with van der Waals surface area (Å²) in [5.74, 6) is 0.805. The van der Waals surface area contributed by atoms with Gasteiger partial charge in [0.25, 0.3) is 5.91 Å². The highest BCUT2D eigenvalue weighted by atomic mass is 32.2. The SMILES string of the molecule is CSCCN(C)c1ccc2c(c1)N(C)C(=O)C2O. The van der Waals surface area contributed by atoms with Crippen molar-refractivity contribution in [2.24, 2.45) is 0 Å². The molecule has 5 heteroatoms. The Bertz CT molecular complexity index is 464. The zero-order chi connectivity index (χ0) is 13.3. The summed E-state index contributed by atoms with van der Waals surface area (Å²) in [4.78, 5) is 15.3. The molecule has 1 aliphatic heterocycles. The minimum absolute atomic E-state index is 0.256. The normalized spacial score (nSPS) is 18.1. The van der Waals surface area contributed by atoms with Gasteiger partial charge in [-0.3, -0.25) is 4.79 Å². The topological polar surface area (TPSA) is 43.8 Å². The van der Waals surface area contributed by atoms with Gasteiger partial charge in [0.15, 0.2) is 6.10 Å². The molecule has 98 valence electrons. The van der Waals surface area contributed by atoms with Crippen LogP contribution in [0.2, 0.25) is 0 Å². The summed E-state index contributed by atoms with van der Waals surface area (Å²) in [5.41, 5.74) is 2.57. The summed E-state index contributed by atoms with van der Waals surface area (Å²) in [6, 6.07) is 5.75. The maximum absolute atomic E-state index is 11.7. The lowest BCUT2D eigenvalue weighted by Crippen LogP contribution is -2.24. The fraction of sp³-hybridized carbons (Fsp3) is 0.462. The Morgan fingerprint density at radius 3 is 2.89 bits per heavy atom. The van der Waals surface area contributed by atoms with E-state index in [-0.39, 0.29) is 5.91 Å². The molecule has 1 unspecified atom stereocenters. The Morgan fingerprint density at radius 2 is 2.22 bits per heavy atom. The molecule has 1 atom stereocenters. The van der Waals surface area contributed by atoms with E-state index in [0.717, 1.165) is 23.7 Å². The van der Waals surface area contributed by atoms with Crippen molar-refractivity contribution in [1.29, 1.82) is 0 Å². The lowest BCUT2D eigenvalue weighted by atomic mass is 10.1. The summed E-state index contributed by atoms with van der Waals surface area (Å²) >= 11 is 1.81. The smallest absolute Gasteiger partial charge is 0.260 e. The second-order valence-corrected chi connectivity index (χ2v) is 5.44. The van der Waals surface area contributed by atoms with Gasteiger partial charge in [-0.25, -0.2) is 0 Å². The minimum atomic E-state index is -1.00. The van der Waals surface area contributed by atoms with Crippen molar-refractivity contribution >= 4 is 29.0 Å². The van der Waals surface area contributed by atoms with Crippen LogP contribution in [0.15, 0.2) is 18.2 Å². The van der Waals surface area contributed by atoms with Crippen molar-refractivity contribution in [3.8, 4) is 0 Å². The largest absolute Gasteiger partial charge is 0.378 e. The van der Waals surface area contributed by atoms with Gasteiger partial charge < -0.3 is 14.9 Å². The average Bonchev–Trinajstić information content (AvgIpc) is 2.61. The van der Waals surface area contributed by atoms with E-state index in [2.05, 4.69) is 11.2 Å². The summed E-state index contributed by atoms with van der Waals surface area (Å²) in [5, 5.41) is 9.78. The fourth-order valence-electron chi connectivity index (χ4n) is 2.08. The number of amides is 1. The number of hydrogen-bond donors (Lipinski definition) is 1. The zero-order valence-electron chi connectivity index (χ0n) is 10.9. The first-order valence-corrected chi connectivity index (χ1v) is 7.25. The lowest BCUT2D eigenvalue weighted by molar-refractivity contribution is -0.125. The monoisotopic (exact) mass is 266 g/mol. The van der Waals surface area contributed by atoms with Crippen molar-refractivity contribution in [2.75, 3.05) is 42.4 Å². The zero-order valence-corrected chi connectivity index (χ0v) is 11.7. The van der Waals surface area contributed by atoms with Crippen LogP contribution in [0, 0.1) is 0 Å². The fourth-order valence-corrected chi connectivity index (χ4v) is 2.54. The molecule has 0 fully saturated rings. The van der Waals surface area contributed by atoms with E-state index in [9.17, 15) is 9.90 Å². The van der Waals surface area contributed by atoms with Crippen LogP contribution in [0.25, 0.3) is 0 Å². The molecule has 0 aromatic heterocycles. The number of anilines is 2. The first-order chi connectivity index (χ1) is 8.56. The van der Waals surface area contributed by atoms with Crippen LogP contribution in [0.3, 0.4) is 0 Å². The Balaban J connectivity index is 2.26. The van der Waals surface area contributed by atoms with Gasteiger partial charge >= 0.3 is 0 Å². The number of rotatable bonds is 4. The van der Waals surface area contributed by atoms with Gasteiger partial charge in [0.05, 0.1) is 5.69 Å². The average molecular weight is 266 g/mol. The van der Waals surface area contributed by atoms with Gasteiger partial charge in [0.1, 0.15) is 0 Å². The van der Waals surface area contributed by atoms with E-state index in [1.54, 1.807) is 18.8 Å². The predicted molar refractivity (Wildman–Crippen MR) is 76.5 cm³/mol. The molecule has 1 aromatic carbocycles. The molecular formula is C13H18N2O2S. The van der Waals surface area contributed by atoms with Crippen LogP contribution in [0.5, 0.6) is 0 Å². The molecule has 1 amide bonds. The van der Waals surface area contributed by atoms with Crippen LogP contribution < -0.4 is 9.80 Å². The molecule has 1 aliphatic rings. The molecule has 0 radical (unpaired) electrons. The standard InChI is InChI=1S/C13H18N2O2S/c1-14(6-7-18-3)9-4-5-10-11(8-9)15(2)13(17)12(10)16/h4-5,8,12,16H,6-7H2,1-3H3. The maximum Gasteiger partial charge on any atom is 0.260 e. The molecule has 2 rings (SSSR count). The van der Waals surface area contributed by atoms with Crippen molar-refractivity contribution in [3.63, 3.8) is 0 Å². The van der Waals surface area contributed by atoms with Gasteiger partial charge in [-0.1, -0.05) is 6.07 Å². The summed E-state index contributed by atoms with van der Waals surface area (Å²) < 4.78 is 0. The van der Waals surface area contributed by atoms with Gasteiger partial charge in [-0.15, -0.1) is 0 Å². The van der Waals surface area contributed by atoms with Crippen LogP contribution in [-0.4, -0.2) is 43.7 Å². The van der Waals surface area contributed by atoms with Gasteiger partial charge in [-0.05, 0) is 18.4 Å². The number of carbonyl (C=O) groups is 1. The molecule has 1 aromatic rings. The third-order valence-electron chi connectivity index (χ3n) is 3.31. The number of nitrogens with zero attached hydrogens (tertiary/aromatic N) is 2. The highest BCUT2D eigenvalue weighted by molar-refractivity contribution is 7.98. The number of carbonyl (C=O) groups excluding carboxylic acids is 1. The quantitative estimate of drug-likeness (QED) is 0.897. The number of benzene rings is 1. The molecule has 1 heterocycles. The Morgan fingerprint density at radius 1 is 1.50 bits per heavy atom. The second kappa shape index (κ2) is 5.20. The second-order valence-electron chi connectivity index (χ2n) is 4.46. The Labute approximate surface area is 112 Å². The van der Waals surface area contributed by atoms with Gasteiger partial charge in [0.2, 0.25) is 0 Å². The van der Waals surface area contributed by atoms with E-state index < -0.39 is 6.10 Å². The van der Waals surface area contributed by atoms with Crippen LogP contribution in [0.4, 0.5) is 11.4 Å². The Kier molecular flexibility index (Phi) is 3.82. The molecule has 0 bridgehead atoms. The van der Waals surface area contributed by atoms with E-state index in [1.807, 2.05) is 25.2 Å². The van der Waals surface area contributed by atoms with Crippen molar-refractivity contribution < 1.29 is 9.90 Å². The van der Waals surface area contributed by atoms with Crippen LogP contribution in [-0.2, 0) is 4.79 Å². The molecule has 0 saturated heterocycles. The van der Waals surface area contributed by atoms with E-state index >= 15 is 0 Å². The number of fused-ring (bicyclic) bond motifs is 1. The van der Waals surface area contributed by atoms with Crippen LogP contribution >= 0.6 is 11.8 Å².